The third-order valence-electron chi connectivity index (χ3n) is 2.88. The van der Waals surface area contributed by atoms with Gasteiger partial charge in [-0.15, -0.1) is 5.10 Å². The van der Waals surface area contributed by atoms with E-state index in [2.05, 4.69) is 25.5 Å². The van der Waals surface area contributed by atoms with Crippen molar-refractivity contribution in [1.82, 2.24) is 30.2 Å². The first kappa shape index (κ1) is 12.8. The molecule has 1 atom stereocenters. The Morgan fingerprint density at radius 3 is 2.90 bits per heavy atom. The van der Waals surface area contributed by atoms with E-state index < -0.39 is 0 Å². The van der Waals surface area contributed by atoms with Gasteiger partial charge in [-0.05, 0) is 29.5 Å². The molecule has 3 rings (SSSR count). The molecule has 3 aromatic rings. The molecule has 0 bridgehead atoms. The van der Waals surface area contributed by atoms with Crippen molar-refractivity contribution in [2.45, 2.75) is 17.3 Å². The van der Waals surface area contributed by atoms with Gasteiger partial charge in [-0.1, -0.05) is 23.9 Å². The summed E-state index contributed by atoms with van der Waals surface area (Å²) in [6.07, 6.45) is 0. The average Bonchev–Trinajstić information content (AvgIpc) is 2.84. The molecule has 0 spiro atoms. The van der Waals surface area contributed by atoms with Crippen LogP contribution in [-0.2, 0) is 7.05 Å². The van der Waals surface area contributed by atoms with Gasteiger partial charge in [-0.3, -0.25) is 4.79 Å². The Bertz CT molecular complexity index is 811. The Morgan fingerprint density at radius 2 is 2.15 bits per heavy atom. The van der Waals surface area contributed by atoms with Crippen LogP contribution in [0.4, 0.5) is 0 Å². The van der Waals surface area contributed by atoms with Crippen LogP contribution >= 0.6 is 11.8 Å². The number of para-hydroxylation sites is 1. The Hall–Kier alpha value is -2.22. The van der Waals surface area contributed by atoms with Gasteiger partial charge in [0.2, 0.25) is 5.16 Å². The number of hydrogen-bond acceptors (Lipinski definition) is 6. The van der Waals surface area contributed by atoms with Gasteiger partial charge < -0.3 is 4.98 Å². The fourth-order valence-corrected chi connectivity index (χ4v) is 2.64. The van der Waals surface area contributed by atoms with Crippen LogP contribution in [0.3, 0.4) is 0 Å². The highest BCUT2D eigenvalue weighted by Gasteiger charge is 2.15. The number of H-pyrrole nitrogens is 1. The van der Waals surface area contributed by atoms with Crippen LogP contribution in [0, 0.1) is 0 Å². The predicted octanol–water partition coefficient (Wildman–Crippen LogP) is 1.30. The molecule has 0 saturated carbocycles. The zero-order valence-corrected chi connectivity index (χ0v) is 11.8. The second-order valence-corrected chi connectivity index (χ2v) is 5.62. The van der Waals surface area contributed by atoms with E-state index in [0.29, 0.717) is 21.9 Å². The van der Waals surface area contributed by atoms with E-state index in [1.807, 2.05) is 25.1 Å². The molecule has 102 valence electrons. The fourth-order valence-electron chi connectivity index (χ4n) is 1.83. The van der Waals surface area contributed by atoms with Crippen molar-refractivity contribution in [2.75, 3.05) is 0 Å². The zero-order valence-electron chi connectivity index (χ0n) is 10.9. The molecule has 1 unspecified atom stereocenters. The normalized spacial score (nSPS) is 12.7. The highest BCUT2D eigenvalue weighted by atomic mass is 32.2. The molecule has 1 aromatic carbocycles. The summed E-state index contributed by atoms with van der Waals surface area (Å²) in [5.41, 5.74) is 0.559. The van der Waals surface area contributed by atoms with Crippen LogP contribution in [-0.4, -0.2) is 30.2 Å². The maximum atomic E-state index is 12.0. The Kier molecular flexibility index (Phi) is 3.23. The lowest BCUT2D eigenvalue weighted by atomic mass is 10.2. The predicted molar refractivity (Wildman–Crippen MR) is 75.4 cm³/mol. The van der Waals surface area contributed by atoms with Gasteiger partial charge in [-0.2, -0.15) is 0 Å². The maximum Gasteiger partial charge on any atom is 0.258 e. The highest BCUT2D eigenvalue weighted by molar-refractivity contribution is 7.99. The zero-order chi connectivity index (χ0) is 14.1. The van der Waals surface area contributed by atoms with Crippen molar-refractivity contribution in [1.29, 1.82) is 0 Å². The highest BCUT2D eigenvalue weighted by Crippen LogP contribution is 2.30. The molecule has 2 aromatic heterocycles. The van der Waals surface area contributed by atoms with Gasteiger partial charge >= 0.3 is 0 Å². The number of aryl methyl sites for hydroxylation is 1. The maximum absolute atomic E-state index is 12.0. The second kappa shape index (κ2) is 5.04. The number of aromatic nitrogens is 6. The molecule has 0 fully saturated rings. The van der Waals surface area contributed by atoms with E-state index in [0.717, 1.165) is 0 Å². The van der Waals surface area contributed by atoms with Crippen molar-refractivity contribution in [3.05, 3.63) is 40.4 Å². The number of rotatable bonds is 3. The van der Waals surface area contributed by atoms with Gasteiger partial charge in [0.25, 0.3) is 5.56 Å². The topological polar surface area (TPSA) is 89.3 Å². The molecule has 0 amide bonds. The van der Waals surface area contributed by atoms with Crippen molar-refractivity contribution >= 4 is 22.7 Å². The number of thioether (sulfide) groups is 1. The van der Waals surface area contributed by atoms with E-state index in [9.17, 15) is 4.79 Å². The first-order valence-corrected chi connectivity index (χ1v) is 6.91. The van der Waals surface area contributed by atoms with Crippen molar-refractivity contribution in [2.24, 2.45) is 7.05 Å². The lowest BCUT2D eigenvalue weighted by Crippen LogP contribution is -2.13. The first-order valence-electron chi connectivity index (χ1n) is 6.03. The lowest BCUT2D eigenvalue weighted by molar-refractivity contribution is 0.663. The molecule has 2 heterocycles. The number of benzene rings is 1. The molecule has 0 saturated heterocycles. The lowest BCUT2D eigenvalue weighted by Gasteiger charge is -2.09. The quantitative estimate of drug-likeness (QED) is 0.731. The van der Waals surface area contributed by atoms with Gasteiger partial charge in [0, 0.05) is 7.05 Å². The Balaban J connectivity index is 1.98. The second-order valence-electron chi connectivity index (χ2n) is 4.31. The summed E-state index contributed by atoms with van der Waals surface area (Å²) < 4.78 is 1.58. The summed E-state index contributed by atoms with van der Waals surface area (Å²) in [5.74, 6) is 0.613. The minimum absolute atomic E-state index is 0.0583. The summed E-state index contributed by atoms with van der Waals surface area (Å²) in [5, 5.41) is 12.5. The molecular formula is C12H12N6OS. The van der Waals surface area contributed by atoms with Crippen LogP contribution in [0.15, 0.2) is 34.2 Å². The summed E-state index contributed by atoms with van der Waals surface area (Å²) >= 11 is 1.44. The van der Waals surface area contributed by atoms with Gasteiger partial charge in [0.15, 0.2) is 0 Å². The number of hydrogen-bond donors (Lipinski definition) is 1. The number of fused-ring (bicyclic) bond motifs is 1. The third-order valence-corrected chi connectivity index (χ3v) is 4.01. The molecule has 0 radical (unpaired) electrons. The Labute approximate surface area is 118 Å². The average molecular weight is 288 g/mol. The molecule has 8 heteroatoms. The van der Waals surface area contributed by atoms with E-state index in [1.54, 1.807) is 17.8 Å². The smallest absolute Gasteiger partial charge is 0.258 e. The van der Waals surface area contributed by atoms with E-state index >= 15 is 0 Å². The summed E-state index contributed by atoms with van der Waals surface area (Å²) in [7, 11) is 1.77. The minimum Gasteiger partial charge on any atom is -0.309 e. The van der Waals surface area contributed by atoms with E-state index in [-0.39, 0.29) is 10.8 Å². The summed E-state index contributed by atoms with van der Waals surface area (Å²) in [4.78, 5) is 19.3. The molecular weight excluding hydrogens is 276 g/mol. The SMILES string of the molecule is CC(Sc1nnnn1C)c1nc2ccccc2c(=O)[nH]1. The van der Waals surface area contributed by atoms with Crippen LogP contribution in [0.25, 0.3) is 10.9 Å². The number of nitrogens with one attached hydrogen (secondary N) is 1. The summed E-state index contributed by atoms with van der Waals surface area (Å²) in [6, 6.07) is 7.27. The molecule has 0 aliphatic carbocycles. The molecule has 1 N–H and O–H groups in total. The number of tetrazole rings is 1. The van der Waals surface area contributed by atoms with Crippen LogP contribution in [0.1, 0.15) is 18.0 Å². The van der Waals surface area contributed by atoms with Gasteiger partial charge in [0.05, 0.1) is 16.2 Å². The minimum atomic E-state index is -0.130. The monoisotopic (exact) mass is 288 g/mol. The molecule has 7 nitrogen and oxygen atoms in total. The largest absolute Gasteiger partial charge is 0.309 e. The standard InChI is InChI=1S/C12H12N6OS/c1-7(20-12-15-16-17-18(12)2)10-13-9-6-4-3-5-8(9)11(19)14-10/h3-7H,1-2H3,(H,13,14,19). The van der Waals surface area contributed by atoms with Crippen molar-refractivity contribution in [3.63, 3.8) is 0 Å². The number of aromatic amines is 1. The van der Waals surface area contributed by atoms with Crippen LogP contribution in [0.2, 0.25) is 0 Å². The van der Waals surface area contributed by atoms with Crippen LogP contribution in [0.5, 0.6) is 0 Å². The van der Waals surface area contributed by atoms with E-state index in [4.69, 9.17) is 0 Å². The van der Waals surface area contributed by atoms with Crippen molar-refractivity contribution in [3.8, 4) is 0 Å². The van der Waals surface area contributed by atoms with E-state index in [1.165, 1.54) is 11.8 Å². The van der Waals surface area contributed by atoms with Gasteiger partial charge in [0.1, 0.15) is 5.82 Å². The molecule has 20 heavy (non-hydrogen) atoms. The molecule has 0 aliphatic heterocycles. The summed E-state index contributed by atoms with van der Waals surface area (Å²) in [6.45, 7) is 1.95. The Morgan fingerprint density at radius 1 is 1.35 bits per heavy atom. The van der Waals surface area contributed by atoms with Gasteiger partial charge in [-0.25, -0.2) is 9.67 Å². The first-order chi connectivity index (χ1) is 9.65. The molecule has 0 aliphatic rings. The fraction of sp³-hybridized carbons (Fsp3) is 0.250. The third kappa shape index (κ3) is 2.29. The van der Waals surface area contributed by atoms with Crippen LogP contribution < -0.4 is 5.56 Å². The number of nitrogens with zero attached hydrogens (tertiary/aromatic N) is 5. The van der Waals surface area contributed by atoms with Crippen molar-refractivity contribution < 1.29 is 0 Å².